The van der Waals surface area contributed by atoms with Crippen molar-refractivity contribution in [3.63, 3.8) is 0 Å². The zero-order chi connectivity index (χ0) is 6.15. The first-order valence-electron chi connectivity index (χ1n) is 2.42. The molecule has 0 spiro atoms. The summed E-state index contributed by atoms with van der Waals surface area (Å²) in [5.74, 6) is 0.898. The van der Waals surface area contributed by atoms with Gasteiger partial charge < -0.3 is 4.42 Å². The van der Waals surface area contributed by atoms with Gasteiger partial charge in [-0.1, -0.05) is 11.6 Å². The average molecular weight is 131 g/mol. The molecule has 0 unspecified atom stereocenters. The van der Waals surface area contributed by atoms with Crippen molar-refractivity contribution in [3.05, 3.63) is 22.6 Å². The molecule has 2 heteroatoms. The molecule has 1 nitrogen and oxygen atoms in total. The molecule has 0 aliphatic rings. The molecule has 0 saturated carbocycles. The van der Waals surface area contributed by atoms with Gasteiger partial charge in [0.15, 0.2) is 0 Å². The molecule has 0 aromatic carbocycles. The Kier molecular flexibility index (Phi) is 1.30. The molecule has 0 radical (unpaired) electrons. The maximum Gasteiger partial charge on any atom is 0.110 e. The van der Waals surface area contributed by atoms with E-state index in [1.807, 2.05) is 13.8 Å². The van der Waals surface area contributed by atoms with Crippen molar-refractivity contribution in [2.45, 2.75) is 13.8 Å². The Morgan fingerprint density at radius 2 is 2.12 bits per heavy atom. The number of aryl methyl sites for hydroxylation is 1. The van der Waals surface area contributed by atoms with Crippen LogP contribution in [0.4, 0.5) is 0 Å². The minimum Gasteiger partial charge on any atom is -0.468 e. The minimum absolute atomic E-state index is 0.711. The molecule has 44 valence electrons. The highest BCUT2D eigenvalue weighted by Crippen LogP contribution is 2.19. The van der Waals surface area contributed by atoms with Gasteiger partial charge in [0.1, 0.15) is 12.0 Å². The fourth-order valence-electron chi connectivity index (χ4n) is 0.485. The summed E-state index contributed by atoms with van der Waals surface area (Å²) in [6.07, 6.45) is 1.55. The van der Waals surface area contributed by atoms with Crippen LogP contribution in [0.1, 0.15) is 11.3 Å². The summed E-state index contributed by atoms with van der Waals surface area (Å²) in [4.78, 5) is 0. The second-order valence-electron chi connectivity index (χ2n) is 1.76. The largest absolute Gasteiger partial charge is 0.468 e. The first kappa shape index (κ1) is 5.70. The maximum atomic E-state index is 5.64. The van der Waals surface area contributed by atoms with E-state index in [1.54, 1.807) is 6.26 Å². The van der Waals surface area contributed by atoms with Crippen LogP contribution in [0.5, 0.6) is 0 Å². The number of rotatable bonds is 0. The zero-order valence-corrected chi connectivity index (χ0v) is 5.62. The number of halogens is 1. The fourth-order valence-corrected chi connectivity index (χ4v) is 0.663. The quantitative estimate of drug-likeness (QED) is 0.526. The monoisotopic (exact) mass is 130 g/mol. The van der Waals surface area contributed by atoms with Gasteiger partial charge in [-0.15, -0.1) is 0 Å². The van der Waals surface area contributed by atoms with Crippen LogP contribution >= 0.6 is 11.6 Å². The Balaban J connectivity index is 3.19. The number of furan rings is 1. The average Bonchev–Trinajstić information content (AvgIpc) is 1.98. The molecule has 0 saturated heterocycles. The topological polar surface area (TPSA) is 13.1 Å². The highest BCUT2D eigenvalue weighted by molar-refractivity contribution is 6.31. The minimum atomic E-state index is 0.711. The Morgan fingerprint density at radius 1 is 1.50 bits per heavy atom. The molecule has 1 rings (SSSR count). The second-order valence-corrected chi connectivity index (χ2v) is 2.17. The second kappa shape index (κ2) is 1.82. The third-order valence-electron chi connectivity index (χ3n) is 1.23. The van der Waals surface area contributed by atoms with Gasteiger partial charge in [-0.05, 0) is 13.8 Å². The lowest BCUT2D eigenvalue weighted by molar-refractivity contribution is 0.532. The number of hydrogen-bond acceptors (Lipinski definition) is 1. The molecule has 1 aromatic rings. The smallest absolute Gasteiger partial charge is 0.110 e. The lowest BCUT2D eigenvalue weighted by Gasteiger charge is -1.82. The molecule has 0 atom stereocenters. The highest BCUT2D eigenvalue weighted by Gasteiger charge is 1.99. The van der Waals surface area contributed by atoms with E-state index in [0.29, 0.717) is 5.02 Å². The van der Waals surface area contributed by atoms with E-state index in [9.17, 15) is 0 Å². The Labute approximate surface area is 53.3 Å². The molecular formula is C6H7ClO. The Bertz CT molecular complexity index is 171. The van der Waals surface area contributed by atoms with Gasteiger partial charge >= 0.3 is 0 Å². The van der Waals surface area contributed by atoms with Crippen molar-refractivity contribution < 1.29 is 4.42 Å². The van der Waals surface area contributed by atoms with Crippen LogP contribution in [-0.4, -0.2) is 0 Å². The summed E-state index contributed by atoms with van der Waals surface area (Å²) >= 11 is 5.64. The summed E-state index contributed by atoms with van der Waals surface area (Å²) in [6, 6.07) is 0. The van der Waals surface area contributed by atoms with Crippen LogP contribution < -0.4 is 0 Å². The SMILES string of the molecule is Cc1occ(Cl)c1C. The van der Waals surface area contributed by atoms with Crippen molar-refractivity contribution in [1.29, 1.82) is 0 Å². The normalized spacial score (nSPS) is 9.88. The molecule has 0 aliphatic carbocycles. The van der Waals surface area contributed by atoms with E-state index < -0.39 is 0 Å². The predicted octanol–water partition coefficient (Wildman–Crippen LogP) is 2.55. The van der Waals surface area contributed by atoms with E-state index in [-0.39, 0.29) is 0 Å². The van der Waals surface area contributed by atoms with Gasteiger partial charge in [-0.2, -0.15) is 0 Å². The molecule has 8 heavy (non-hydrogen) atoms. The number of hydrogen-bond donors (Lipinski definition) is 0. The van der Waals surface area contributed by atoms with Gasteiger partial charge in [-0.25, -0.2) is 0 Å². The summed E-state index contributed by atoms with van der Waals surface area (Å²) in [5, 5.41) is 0.711. The van der Waals surface area contributed by atoms with Crippen LogP contribution in [0.15, 0.2) is 10.7 Å². The van der Waals surface area contributed by atoms with Crippen molar-refractivity contribution in [3.8, 4) is 0 Å². The van der Waals surface area contributed by atoms with Gasteiger partial charge in [0, 0.05) is 5.56 Å². The first-order chi connectivity index (χ1) is 3.72. The van der Waals surface area contributed by atoms with Crippen LogP contribution in [-0.2, 0) is 0 Å². The van der Waals surface area contributed by atoms with E-state index in [1.165, 1.54) is 0 Å². The highest BCUT2D eigenvalue weighted by atomic mass is 35.5. The third-order valence-corrected chi connectivity index (χ3v) is 1.60. The maximum absolute atomic E-state index is 5.64. The molecule has 0 amide bonds. The summed E-state index contributed by atoms with van der Waals surface area (Å²) < 4.78 is 4.96. The van der Waals surface area contributed by atoms with Crippen molar-refractivity contribution >= 4 is 11.6 Å². The lowest BCUT2D eigenvalue weighted by Crippen LogP contribution is -1.67. The van der Waals surface area contributed by atoms with Crippen molar-refractivity contribution in [2.75, 3.05) is 0 Å². The van der Waals surface area contributed by atoms with Gasteiger partial charge in [-0.3, -0.25) is 0 Å². The summed E-state index contributed by atoms with van der Waals surface area (Å²) in [7, 11) is 0. The van der Waals surface area contributed by atoms with E-state index in [2.05, 4.69) is 0 Å². The molecule has 1 aromatic heterocycles. The molecule has 0 bridgehead atoms. The van der Waals surface area contributed by atoms with E-state index >= 15 is 0 Å². The summed E-state index contributed by atoms with van der Waals surface area (Å²) in [5.41, 5.74) is 1.03. The van der Waals surface area contributed by atoms with Crippen molar-refractivity contribution in [2.24, 2.45) is 0 Å². The van der Waals surface area contributed by atoms with Crippen LogP contribution in [0, 0.1) is 13.8 Å². The van der Waals surface area contributed by atoms with Crippen molar-refractivity contribution in [1.82, 2.24) is 0 Å². The third kappa shape index (κ3) is 0.736. The molecule has 0 fully saturated rings. The zero-order valence-electron chi connectivity index (χ0n) is 4.86. The molecular weight excluding hydrogens is 124 g/mol. The van der Waals surface area contributed by atoms with E-state index in [4.69, 9.17) is 16.0 Å². The first-order valence-corrected chi connectivity index (χ1v) is 2.80. The molecule has 0 aliphatic heterocycles. The van der Waals surface area contributed by atoms with Crippen LogP contribution in [0.2, 0.25) is 5.02 Å². The Hall–Kier alpha value is -0.430. The van der Waals surface area contributed by atoms with Gasteiger partial charge in [0.05, 0.1) is 5.02 Å². The fraction of sp³-hybridized carbons (Fsp3) is 0.333. The summed E-state index contributed by atoms with van der Waals surface area (Å²) in [6.45, 7) is 3.82. The molecule has 1 heterocycles. The predicted molar refractivity (Wildman–Crippen MR) is 33.2 cm³/mol. The Morgan fingerprint density at radius 3 is 2.25 bits per heavy atom. The lowest BCUT2D eigenvalue weighted by atomic mass is 10.3. The van der Waals surface area contributed by atoms with E-state index in [0.717, 1.165) is 11.3 Å². The van der Waals surface area contributed by atoms with Crippen LogP contribution in [0.25, 0.3) is 0 Å². The standard InChI is InChI=1S/C6H7ClO/c1-4-5(2)8-3-6(4)7/h3H,1-2H3. The van der Waals surface area contributed by atoms with Gasteiger partial charge in [0.2, 0.25) is 0 Å². The van der Waals surface area contributed by atoms with Gasteiger partial charge in [0.25, 0.3) is 0 Å². The molecule has 0 N–H and O–H groups in total. The van der Waals surface area contributed by atoms with Crippen LogP contribution in [0.3, 0.4) is 0 Å².